The molecule has 0 heterocycles. The zero-order valence-electron chi connectivity index (χ0n) is 4.81. The molecule has 0 aliphatic rings. The molecule has 54 valence electrons. The van der Waals surface area contributed by atoms with Gasteiger partial charge in [-0.1, -0.05) is 0 Å². The summed E-state index contributed by atoms with van der Waals surface area (Å²) in [5.41, 5.74) is 0. The summed E-state index contributed by atoms with van der Waals surface area (Å²) >= 11 is 0. The third-order valence-electron chi connectivity index (χ3n) is 0. The van der Waals surface area contributed by atoms with Gasteiger partial charge in [0.2, 0.25) is 0 Å². The minimum Gasteiger partial charge on any atom is -0.512 e. The predicted molar refractivity (Wildman–Crippen MR) is 24.9 cm³/mol. The average Bonchev–Trinajstić information content (AvgIpc) is 2.03. The van der Waals surface area contributed by atoms with Crippen LogP contribution in [0.4, 0.5) is 0 Å². The fourth-order valence-electron chi connectivity index (χ4n) is 0. The van der Waals surface area contributed by atoms with Gasteiger partial charge in [-0.05, 0) is 0 Å². The van der Waals surface area contributed by atoms with Crippen LogP contribution < -0.4 is 6.15 Å². The van der Waals surface area contributed by atoms with Crippen molar-refractivity contribution < 1.29 is 21.1 Å². The van der Waals surface area contributed by atoms with Gasteiger partial charge in [-0.25, -0.2) is 0 Å². The molecule has 0 aromatic heterocycles. The smallest absolute Gasteiger partial charge is 0.512 e. The second kappa shape index (κ2) is 172. The molecule has 3 N–H and O–H groups in total. The molecule has 0 atom stereocenters. The van der Waals surface area contributed by atoms with Gasteiger partial charge in [-0.3, -0.25) is 0 Å². The van der Waals surface area contributed by atoms with Crippen LogP contribution in [0.15, 0.2) is 0 Å². The Hall–Kier alpha value is -1.39. The van der Waals surface area contributed by atoms with Crippen molar-refractivity contribution in [3.63, 3.8) is 0 Å². The van der Waals surface area contributed by atoms with E-state index in [4.69, 9.17) is 47.3 Å². The summed E-state index contributed by atoms with van der Waals surface area (Å²) in [5.74, 6) is 0. The maximum absolute atomic E-state index is 6.25. The molecule has 10 heavy (non-hydrogen) atoms. The van der Waals surface area contributed by atoms with Crippen LogP contribution in [0.25, 0.3) is 0 Å². The molecule has 0 aromatic rings. The molecule has 0 radical (unpaired) electrons. The molecule has 0 aromatic carbocycles. The molecule has 0 saturated heterocycles. The Kier molecular flexibility index (Phi) is 1260. The summed E-state index contributed by atoms with van der Waals surface area (Å²) in [6, 6.07) is 0. The molecule has 0 fully saturated rings. The molecule has 0 amide bonds. The first-order valence-corrected chi connectivity index (χ1v) is 0.894. The van der Waals surface area contributed by atoms with E-state index in [1.165, 1.54) is 0 Å². The van der Waals surface area contributed by atoms with Crippen LogP contribution >= 0.6 is 0 Å². The summed E-state index contributed by atoms with van der Waals surface area (Å²) in [4.78, 5) is 0. The average molecular weight is 316 g/mol. The van der Waals surface area contributed by atoms with Gasteiger partial charge in [0.25, 0.3) is 0 Å². The van der Waals surface area contributed by atoms with Crippen molar-refractivity contribution in [1.82, 2.24) is 6.15 Å². The zero-order chi connectivity index (χ0) is 8.00. The van der Waals surface area contributed by atoms with Crippen molar-refractivity contribution in [2.45, 2.75) is 0 Å². The fraction of sp³-hybridized carbons (Fsp3) is 0. The SMILES string of the molecule is N.[C-]#N.[C-]#N.[C-]#N.[C-]#N.[Pt+4]. The maximum atomic E-state index is 6.25. The molecule has 5 nitrogen and oxygen atoms in total. The number of hydrogen-bond donors (Lipinski definition) is 1. The van der Waals surface area contributed by atoms with Crippen LogP contribution in [0, 0.1) is 47.3 Å². The molecule has 0 bridgehead atoms. The van der Waals surface area contributed by atoms with Crippen molar-refractivity contribution in [2.24, 2.45) is 0 Å². The number of hydrogen-bond acceptors (Lipinski definition) is 5. The van der Waals surface area contributed by atoms with Gasteiger partial charge in [-0.15, -0.1) is 0 Å². The molecule has 0 rings (SSSR count). The molecule has 0 aliphatic carbocycles. The van der Waals surface area contributed by atoms with Crippen LogP contribution in [-0.2, 0) is 21.1 Å². The Morgan fingerprint density at radius 1 is 0.500 bits per heavy atom. The first kappa shape index (κ1) is 73.2. The molecule has 6 heteroatoms. The van der Waals surface area contributed by atoms with Crippen LogP contribution in [0.5, 0.6) is 0 Å². The monoisotopic (exact) mass is 316 g/mol. The summed E-state index contributed by atoms with van der Waals surface area (Å²) < 4.78 is 0. The van der Waals surface area contributed by atoms with Crippen molar-refractivity contribution in [1.29, 1.82) is 21.0 Å². The minimum atomic E-state index is 0. The molecular formula is C4H3N5Pt. The largest absolute Gasteiger partial charge is 4.00 e. The normalized spacial score (nSPS) is 0.800. The van der Waals surface area contributed by atoms with Crippen molar-refractivity contribution in [3.8, 4) is 0 Å². The molecule has 0 unspecified atom stereocenters. The van der Waals surface area contributed by atoms with E-state index in [-0.39, 0.29) is 27.2 Å². The standard InChI is InChI=1S/4CN.H3N.Pt/c4*1-2;;/h;;;;1H3;/q4*-1;;+4. The van der Waals surface area contributed by atoms with Crippen LogP contribution in [0.2, 0.25) is 0 Å². The second-order valence-corrected chi connectivity index (χ2v) is 0. The molecular weight excluding hydrogens is 313 g/mol. The van der Waals surface area contributed by atoms with Crippen LogP contribution in [-0.4, -0.2) is 0 Å². The van der Waals surface area contributed by atoms with E-state index < -0.39 is 0 Å². The summed E-state index contributed by atoms with van der Waals surface area (Å²) in [6.07, 6.45) is 0. The predicted octanol–water partition coefficient (Wildman–Crippen LogP) is 0.545. The van der Waals surface area contributed by atoms with E-state index in [1.54, 1.807) is 0 Å². The first-order chi connectivity index (χ1) is 4.00. The Morgan fingerprint density at radius 2 is 0.500 bits per heavy atom. The Balaban J connectivity index is -0.00000000500. The third-order valence-corrected chi connectivity index (χ3v) is 0. The Labute approximate surface area is 74.9 Å². The van der Waals surface area contributed by atoms with Gasteiger partial charge in [0.05, 0.1) is 0 Å². The van der Waals surface area contributed by atoms with Gasteiger partial charge in [0.15, 0.2) is 0 Å². The van der Waals surface area contributed by atoms with Crippen LogP contribution in [0.1, 0.15) is 0 Å². The quantitative estimate of drug-likeness (QED) is 0.652. The van der Waals surface area contributed by atoms with Crippen molar-refractivity contribution >= 4 is 0 Å². The van der Waals surface area contributed by atoms with E-state index >= 15 is 0 Å². The van der Waals surface area contributed by atoms with Gasteiger partial charge in [0.1, 0.15) is 0 Å². The van der Waals surface area contributed by atoms with E-state index in [9.17, 15) is 0 Å². The van der Waals surface area contributed by atoms with Gasteiger partial charge >= 0.3 is 21.1 Å². The summed E-state index contributed by atoms with van der Waals surface area (Å²) in [5, 5.41) is 25.0. The number of nitrogens with zero attached hydrogens (tertiary/aromatic N) is 4. The summed E-state index contributed by atoms with van der Waals surface area (Å²) in [7, 11) is 0. The first-order valence-electron chi connectivity index (χ1n) is 0.894. The fourth-order valence-corrected chi connectivity index (χ4v) is 0. The molecule has 0 spiro atoms. The number of rotatable bonds is 0. The summed E-state index contributed by atoms with van der Waals surface area (Å²) in [6.45, 7) is 19.0. The van der Waals surface area contributed by atoms with Crippen molar-refractivity contribution in [2.75, 3.05) is 0 Å². The van der Waals surface area contributed by atoms with E-state index in [1.807, 2.05) is 0 Å². The third kappa shape index (κ3) is 107. The Morgan fingerprint density at radius 3 is 0.500 bits per heavy atom. The van der Waals surface area contributed by atoms with E-state index in [0.717, 1.165) is 0 Å². The molecule has 0 aliphatic heterocycles. The second-order valence-electron chi connectivity index (χ2n) is 0. The van der Waals surface area contributed by atoms with Gasteiger partial charge in [-0.2, -0.15) is 0 Å². The van der Waals surface area contributed by atoms with Gasteiger partial charge in [0, 0.05) is 0 Å². The minimum absolute atomic E-state index is 0. The Bertz CT molecular complexity index is 56.6. The maximum Gasteiger partial charge on any atom is 4.00 e. The van der Waals surface area contributed by atoms with Gasteiger partial charge < -0.3 is 53.5 Å². The van der Waals surface area contributed by atoms with Crippen LogP contribution in [0.3, 0.4) is 0 Å². The van der Waals surface area contributed by atoms with Crippen molar-refractivity contribution in [3.05, 3.63) is 26.3 Å². The molecule has 0 saturated carbocycles. The van der Waals surface area contributed by atoms with E-state index in [2.05, 4.69) is 0 Å². The zero-order valence-corrected chi connectivity index (χ0v) is 7.08. The van der Waals surface area contributed by atoms with E-state index in [0.29, 0.717) is 0 Å². The topological polar surface area (TPSA) is 130 Å².